The van der Waals surface area contributed by atoms with Crippen LogP contribution in [-0.4, -0.2) is 32.4 Å². The van der Waals surface area contributed by atoms with Crippen LogP contribution in [0.3, 0.4) is 0 Å². The lowest BCUT2D eigenvalue weighted by molar-refractivity contribution is 0.0717. The highest BCUT2D eigenvalue weighted by Gasteiger charge is 2.47. The Bertz CT molecular complexity index is 368. The third-order valence-electron chi connectivity index (χ3n) is 4.88. The average Bonchev–Trinajstić information content (AvgIpc) is 2.98. The van der Waals surface area contributed by atoms with Gasteiger partial charge in [-0.2, -0.15) is 15.4 Å². The first kappa shape index (κ1) is 10.1. The number of fused-ring (bicyclic) bond motifs is 2. The first-order valence-corrected chi connectivity index (χ1v) is 7.06. The number of hydrogen-bond acceptors (Lipinski definition) is 3. The van der Waals surface area contributed by atoms with Crippen molar-refractivity contribution in [3.63, 3.8) is 0 Å². The first-order valence-electron chi connectivity index (χ1n) is 7.06. The Labute approximate surface area is 102 Å². The molecule has 0 aromatic carbocycles. The molecule has 2 bridgehead atoms. The highest BCUT2D eigenvalue weighted by atomic mass is 15.3. The molecule has 4 heteroatoms. The molecule has 3 atom stereocenters. The number of nitrogens with one attached hydrogen (secondary N) is 1. The summed E-state index contributed by atoms with van der Waals surface area (Å²) < 4.78 is 0. The summed E-state index contributed by atoms with van der Waals surface area (Å²) in [5.41, 5.74) is 1.19. The average molecular weight is 232 g/mol. The molecule has 2 saturated heterocycles. The predicted molar refractivity (Wildman–Crippen MR) is 64.3 cm³/mol. The number of aromatic nitrogens is 3. The van der Waals surface area contributed by atoms with E-state index in [4.69, 9.17) is 0 Å². The van der Waals surface area contributed by atoms with Crippen molar-refractivity contribution < 1.29 is 0 Å². The number of rotatable bonds is 3. The van der Waals surface area contributed by atoms with Gasteiger partial charge in [-0.3, -0.25) is 4.90 Å². The normalized spacial score (nSPS) is 35.1. The van der Waals surface area contributed by atoms with Crippen LogP contribution in [0.5, 0.6) is 0 Å². The van der Waals surface area contributed by atoms with Gasteiger partial charge in [0.15, 0.2) is 0 Å². The van der Waals surface area contributed by atoms with Crippen molar-refractivity contribution in [2.45, 2.75) is 63.1 Å². The van der Waals surface area contributed by atoms with Gasteiger partial charge in [0.05, 0.1) is 17.9 Å². The SMILES string of the molecule is c1n[nH]nc1C(C1CC1)N1C2CCCC1CC2. The Morgan fingerprint density at radius 1 is 1.12 bits per heavy atom. The molecule has 4 rings (SSSR count). The lowest BCUT2D eigenvalue weighted by Crippen LogP contribution is -2.43. The largest absolute Gasteiger partial charge is 0.288 e. The Kier molecular flexibility index (Phi) is 2.25. The van der Waals surface area contributed by atoms with E-state index in [2.05, 4.69) is 20.3 Å². The van der Waals surface area contributed by atoms with Gasteiger partial charge in [0, 0.05) is 12.1 Å². The molecule has 92 valence electrons. The molecular weight excluding hydrogens is 212 g/mol. The van der Waals surface area contributed by atoms with Crippen LogP contribution < -0.4 is 0 Å². The van der Waals surface area contributed by atoms with E-state index in [1.807, 2.05) is 6.20 Å². The minimum absolute atomic E-state index is 0.562. The summed E-state index contributed by atoms with van der Waals surface area (Å²) in [7, 11) is 0. The molecule has 3 unspecified atom stereocenters. The second kappa shape index (κ2) is 3.80. The third-order valence-corrected chi connectivity index (χ3v) is 4.88. The van der Waals surface area contributed by atoms with Crippen molar-refractivity contribution in [3.05, 3.63) is 11.9 Å². The second-order valence-corrected chi connectivity index (χ2v) is 5.94. The predicted octanol–water partition coefficient (Wildman–Crippen LogP) is 2.27. The van der Waals surface area contributed by atoms with Crippen LogP contribution in [-0.2, 0) is 0 Å². The van der Waals surface area contributed by atoms with E-state index < -0.39 is 0 Å². The molecule has 0 radical (unpaired) electrons. The molecule has 3 heterocycles. The molecule has 0 amide bonds. The van der Waals surface area contributed by atoms with E-state index in [1.165, 1.54) is 50.6 Å². The van der Waals surface area contributed by atoms with E-state index in [0.717, 1.165) is 18.0 Å². The fourth-order valence-electron chi connectivity index (χ4n) is 4.01. The van der Waals surface area contributed by atoms with Crippen LogP contribution in [0.15, 0.2) is 6.20 Å². The minimum Gasteiger partial charge on any atom is -0.288 e. The zero-order chi connectivity index (χ0) is 11.2. The standard InChI is InChI=1S/C13H20N4/c1-2-10-6-7-11(3-1)17(10)13(9-4-5-9)12-8-14-16-15-12/h8-11,13H,1-7H2,(H,14,15,16). The molecule has 1 saturated carbocycles. The Morgan fingerprint density at radius 3 is 2.47 bits per heavy atom. The minimum atomic E-state index is 0.562. The zero-order valence-corrected chi connectivity index (χ0v) is 10.2. The number of H-pyrrole nitrogens is 1. The molecule has 17 heavy (non-hydrogen) atoms. The maximum atomic E-state index is 4.37. The molecule has 1 aliphatic carbocycles. The van der Waals surface area contributed by atoms with E-state index in [0.29, 0.717) is 6.04 Å². The van der Waals surface area contributed by atoms with Crippen LogP contribution in [0, 0.1) is 5.92 Å². The lowest BCUT2D eigenvalue weighted by Gasteiger charge is -2.40. The second-order valence-electron chi connectivity index (χ2n) is 5.94. The van der Waals surface area contributed by atoms with Crippen molar-refractivity contribution in [3.8, 4) is 0 Å². The maximum absolute atomic E-state index is 4.37. The lowest BCUT2D eigenvalue weighted by atomic mass is 9.97. The van der Waals surface area contributed by atoms with E-state index in [9.17, 15) is 0 Å². The van der Waals surface area contributed by atoms with Gasteiger partial charge in [0.2, 0.25) is 0 Å². The highest BCUT2D eigenvalue weighted by Crippen LogP contribution is 2.50. The fourth-order valence-corrected chi connectivity index (χ4v) is 4.01. The molecular formula is C13H20N4. The van der Waals surface area contributed by atoms with Crippen molar-refractivity contribution in [2.24, 2.45) is 5.92 Å². The van der Waals surface area contributed by atoms with Crippen molar-refractivity contribution >= 4 is 0 Å². The Morgan fingerprint density at radius 2 is 1.88 bits per heavy atom. The molecule has 1 aromatic heterocycles. The zero-order valence-electron chi connectivity index (χ0n) is 10.2. The van der Waals surface area contributed by atoms with Crippen molar-refractivity contribution in [1.29, 1.82) is 0 Å². The number of aromatic amines is 1. The van der Waals surface area contributed by atoms with Crippen LogP contribution in [0.2, 0.25) is 0 Å². The van der Waals surface area contributed by atoms with E-state index in [1.54, 1.807) is 0 Å². The summed E-state index contributed by atoms with van der Waals surface area (Å²) in [5.74, 6) is 0.848. The molecule has 1 N–H and O–H groups in total. The molecule has 3 fully saturated rings. The first-order chi connectivity index (χ1) is 8.43. The number of nitrogens with zero attached hydrogens (tertiary/aromatic N) is 3. The molecule has 1 aromatic rings. The topological polar surface area (TPSA) is 44.8 Å². The monoisotopic (exact) mass is 232 g/mol. The summed E-state index contributed by atoms with van der Waals surface area (Å²) in [6, 6.07) is 2.22. The quantitative estimate of drug-likeness (QED) is 0.869. The number of hydrogen-bond donors (Lipinski definition) is 1. The van der Waals surface area contributed by atoms with Gasteiger partial charge in [-0.15, -0.1) is 0 Å². The maximum Gasteiger partial charge on any atom is 0.0999 e. The van der Waals surface area contributed by atoms with Crippen LogP contribution >= 0.6 is 0 Å². The highest BCUT2D eigenvalue weighted by molar-refractivity contribution is 5.10. The van der Waals surface area contributed by atoms with Crippen molar-refractivity contribution in [2.75, 3.05) is 0 Å². The van der Waals surface area contributed by atoms with E-state index in [-0.39, 0.29) is 0 Å². The van der Waals surface area contributed by atoms with Gasteiger partial charge in [-0.25, -0.2) is 0 Å². The Balaban J connectivity index is 1.66. The van der Waals surface area contributed by atoms with Gasteiger partial charge < -0.3 is 0 Å². The van der Waals surface area contributed by atoms with Gasteiger partial charge in [0.1, 0.15) is 0 Å². The van der Waals surface area contributed by atoms with Crippen LogP contribution in [0.1, 0.15) is 56.7 Å². The van der Waals surface area contributed by atoms with Gasteiger partial charge >= 0.3 is 0 Å². The smallest absolute Gasteiger partial charge is 0.0999 e. The third kappa shape index (κ3) is 1.61. The molecule has 3 aliphatic rings. The summed E-state index contributed by atoms with van der Waals surface area (Å²) in [6.07, 6.45) is 11.8. The molecule has 0 spiro atoms. The van der Waals surface area contributed by atoms with Crippen LogP contribution in [0.4, 0.5) is 0 Å². The number of piperidine rings is 1. The van der Waals surface area contributed by atoms with Gasteiger partial charge in [0.25, 0.3) is 0 Å². The van der Waals surface area contributed by atoms with Crippen molar-refractivity contribution in [1.82, 2.24) is 20.3 Å². The molecule has 4 nitrogen and oxygen atoms in total. The van der Waals surface area contributed by atoms with Gasteiger partial charge in [-0.1, -0.05) is 6.42 Å². The van der Waals surface area contributed by atoms with Gasteiger partial charge in [-0.05, 0) is 44.4 Å². The van der Waals surface area contributed by atoms with Crippen LogP contribution in [0.25, 0.3) is 0 Å². The Hall–Kier alpha value is -0.900. The molecule has 2 aliphatic heterocycles. The summed E-state index contributed by atoms with van der Waals surface area (Å²) in [6.45, 7) is 0. The summed E-state index contributed by atoms with van der Waals surface area (Å²) >= 11 is 0. The van der Waals surface area contributed by atoms with E-state index >= 15 is 0 Å². The summed E-state index contributed by atoms with van der Waals surface area (Å²) in [5, 5.41) is 11.2. The summed E-state index contributed by atoms with van der Waals surface area (Å²) in [4.78, 5) is 2.80. The fraction of sp³-hybridized carbons (Fsp3) is 0.846.